The average Bonchev–Trinajstić information content (AvgIpc) is 2.82. The Morgan fingerprint density at radius 2 is 2.32 bits per heavy atom. The summed E-state index contributed by atoms with van der Waals surface area (Å²) >= 11 is 0. The quantitative estimate of drug-likeness (QED) is 0.572. The van der Waals surface area contributed by atoms with Gasteiger partial charge < -0.3 is 14.9 Å². The van der Waals surface area contributed by atoms with Crippen LogP contribution in [0.2, 0.25) is 0 Å². The van der Waals surface area contributed by atoms with Crippen LogP contribution in [-0.2, 0) is 9.53 Å². The summed E-state index contributed by atoms with van der Waals surface area (Å²) in [4.78, 5) is 12.8. The summed E-state index contributed by atoms with van der Waals surface area (Å²) in [6.07, 6.45) is 5.89. The highest BCUT2D eigenvalue weighted by Gasteiger charge is 2.79. The zero-order chi connectivity index (χ0) is 13.4. The third kappa shape index (κ3) is 1.07. The minimum absolute atomic E-state index is 0.0635. The Balaban J connectivity index is 1.82. The predicted octanol–water partition coefficient (Wildman–Crippen LogP) is 0.444. The monoisotopic (exact) mass is 262 g/mol. The van der Waals surface area contributed by atoms with E-state index in [1.54, 1.807) is 6.08 Å². The van der Waals surface area contributed by atoms with Crippen molar-refractivity contribution in [1.29, 1.82) is 0 Å². The molecule has 4 nitrogen and oxygen atoms in total. The number of fused-ring (bicyclic) bond motifs is 6. The molecule has 2 saturated carbocycles. The molecule has 0 amide bonds. The lowest BCUT2D eigenvalue weighted by Crippen LogP contribution is -2.60. The maximum atomic E-state index is 12.8. The average molecular weight is 262 g/mol. The summed E-state index contributed by atoms with van der Waals surface area (Å²) in [7, 11) is 0. The van der Waals surface area contributed by atoms with Crippen molar-refractivity contribution in [2.45, 2.75) is 30.7 Å². The van der Waals surface area contributed by atoms with E-state index in [9.17, 15) is 15.0 Å². The highest BCUT2D eigenvalue weighted by Crippen LogP contribution is 2.67. The first-order valence-corrected chi connectivity index (χ1v) is 6.92. The topological polar surface area (TPSA) is 70.1 Å². The molecule has 7 atom stereocenters. The molecule has 4 aliphatic rings. The zero-order valence-corrected chi connectivity index (χ0v) is 10.7. The van der Waals surface area contributed by atoms with Gasteiger partial charge in [0.15, 0.2) is 11.4 Å². The molecule has 0 spiro atoms. The summed E-state index contributed by atoms with van der Waals surface area (Å²) in [5.41, 5.74) is -1.58. The van der Waals surface area contributed by atoms with Crippen molar-refractivity contribution in [3.05, 3.63) is 24.8 Å². The van der Waals surface area contributed by atoms with Crippen molar-refractivity contribution < 1.29 is 19.7 Å². The molecule has 4 heteroatoms. The summed E-state index contributed by atoms with van der Waals surface area (Å²) in [6, 6.07) is 0. The van der Waals surface area contributed by atoms with Gasteiger partial charge in [0.2, 0.25) is 0 Å². The Kier molecular flexibility index (Phi) is 2.10. The summed E-state index contributed by atoms with van der Waals surface area (Å²) in [5, 5.41) is 20.6. The van der Waals surface area contributed by atoms with Gasteiger partial charge in [-0.3, -0.25) is 4.79 Å². The fourth-order valence-electron chi connectivity index (χ4n) is 4.89. The van der Waals surface area contributed by atoms with E-state index < -0.39 is 23.2 Å². The van der Waals surface area contributed by atoms with Crippen molar-refractivity contribution >= 4 is 5.78 Å². The molecule has 0 radical (unpaired) electrons. The number of allylic oxidation sites excluding steroid dienone is 2. The van der Waals surface area contributed by atoms with Crippen molar-refractivity contribution in [2.24, 2.45) is 23.2 Å². The third-order valence-corrected chi connectivity index (χ3v) is 5.81. The minimum atomic E-state index is -0.858. The Hall–Kier alpha value is -0.970. The van der Waals surface area contributed by atoms with Gasteiger partial charge in [-0.1, -0.05) is 18.2 Å². The molecule has 4 rings (SSSR count). The van der Waals surface area contributed by atoms with Crippen molar-refractivity contribution in [1.82, 2.24) is 0 Å². The molecule has 1 aliphatic heterocycles. The van der Waals surface area contributed by atoms with Crippen LogP contribution in [-0.4, -0.2) is 40.4 Å². The number of ketones is 1. The number of ether oxygens (including phenoxy) is 1. The zero-order valence-electron chi connectivity index (χ0n) is 10.7. The second-order valence-electron chi connectivity index (χ2n) is 6.37. The van der Waals surface area contributed by atoms with Gasteiger partial charge >= 0.3 is 0 Å². The van der Waals surface area contributed by atoms with Crippen LogP contribution in [0.15, 0.2) is 24.8 Å². The largest absolute Gasteiger partial charge is 0.396 e. The van der Waals surface area contributed by atoms with Gasteiger partial charge in [-0.05, 0) is 18.3 Å². The van der Waals surface area contributed by atoms with E-state index in [-0.39, 0.29) is 30.1 Å². The molecule has 3 fully saturated rings. The van der Waals surface area contributed by atoms with E-state index in [0.717, 1.165) is 6.42 Å². The molecule has 0 aromatic heterocycles. The molecule has 3 aliphatic carbocycles. The van der Waals surface area contributed by atoms with Crippen LogP contribution < -0.4 is 0 Å². The van der Waals surface area contributed by atoms with Gasteiger partial charge in [-0.15, -0.1) is 6.58 Å². The lowest BCUT2D eigenvalue weighted by atomic mass is 9.56. The molecule has 2 N–H and O–H groups in total. The summed E-state index contributed by atoms with van der Waals surface area (Å²) < 4.78 is 5.61. The molecule has 19 heavy (non-hydrogen) atoms. The van der Waals surface area contributed by atoms with Gasteiger partial charge in [-0.25, -0.2) is 0 Å². The number of hydrogen-bond acceptors (Lipinski definition) is 4. The first-order chi connectivity index (χ1) is 9.11. The smallest absolute Gasteiger partial charge is 0.172 e. The van der Waals surface area contributed by atoms with Crippen molar-refractivity contribution in [3.63, 3.8) is 0 Å². The predicted molar refractivity (Wildman–Crippen MR) is 67.2 cm³/mol. The van der Waals surface area contributed by atoms with Crippen LogP contribution in [0.1, 0.15) is 12.8 Å². The number of carbonyl (C=O) groups is 1. The Morgan fingerprint density at radius 1 is 1.53 bits per heavy atom. The second-order valence-corrected chi connectivity index (χ2v) is 6.37. The Morgan fingerprint density at radius 3 is 3.00 bits per heavy atom. The van der Waals surface area contributed by atoms with Gasteiger partial charge in [-0.2, -0.15) is 0 Å². The van der Waals surface area contributed by atoms with E-state index in [1.807, 2.05) is 0 Å². The standard InChI is InChI=1S/C15H18O4/c1-2-5-15-11(17)10-8-3-4-9(6-8)14(10,7-16)12(18)13(15)19-15/h2-4,8-10,12-13,16,18H,1,5-7H2/t8-,9+,10+,12+,13-,14+,15+/m1/s1. The summed E-state index contributed by atoms with van der Waals surface area (Å²) in [6.45, 7) is 3.53. The number of aliphatic hydroxyl groups is 2. The van der Waals surface area contributed by atoms with Gasteiger partial charge in [0.1, 0.15) is 6.10 Å². The molecule has 1 heterocycles. The first-order valence-electron chi connectivity index (χ1n) is 6.92. The number of aliphatic hydroxyl groups excluding tert-OH is 2. The van der Waals surface area contributed by atoms with Crippen LogP contribution >= 0.6 is 0 Å². The Bertz CT molecular complexity index is 498. The molecule has 102 valence electrons. The van der Waals surface area contributed by atoms with Crippen LogP contribution in [0.25, 0.3) is 0 Å². The highest BCUT2D eigenvalue weighted by atomic mass is 16.6. The highest BCUT2D eigenvalue weighted by molar-refractivity contribution is 5.96. The molecule has 1 saturated heterocycles. The number of carbonyl (C=O) groups excluding carboxylic acids is 1. The van der Waals surface area contributed by atoms with Gasteiger partial charge in [0, 0.05) is 17.8 Å². The third-order valence-electron chi connectivity index (χ3n) is 5.81. The molecule has 0 unspecified atom stereocenters. The maximum absolute atomic E-state index is 12.8. The van der Waals surface area contributed by atoms with Crippen molar-refractivity contribution in [2.75, 3.05) is 6.61 Å². The fourth-order valence-corrected chi connectivity index (χ4v) is 4.89. The molecule has 0 aromatic rings. The van der Waals surface area contributed by atoms with Gasteiger partial charge in [0.05, 0.1) is 12.7 Å². The van der Waals surface area contributed by atoms with E-state index in [2.05, 4.69) is 18.7 Å². The summed E-state index contributed by atoms with van der Waals surface area (Å²) in [5.74, 6) is -0.00155. The number of Topliss-reactive ketones (excluding diaryl/α,β-unsaturated/α-hetero) is 1. The Labute approximate surface area is 111 Å². The molecular weight excluding hydrogens is 244 g/mol. The maximum Gasteiger partial charge on any atom is 0.172 e. The number of hydrogen-bond donors (Lipinski definition) is 2. The van der Waals surface area contributed by atoms with Crippen molar-refractivity contribution in [3.8, 4) is 0 Å². The number of rotatable bonds is 3. The minimum Gasteiger partial charge on any atom is -0.396 e. The van der Waals surface area contributed by atoms with E-state index in [0.29, 0.717) is 6.42 Å². The second kappa shape index (κ2) is 3.37. The first kappa shape index (κ1) is 11.8. The lowest BCUT2D eigenvalue weighted by Gasteiger charge is -2.46. The van der Waals surface area contributed by atoms with E-state index >= 15 is 0 Å². The van der Waals surface area contributed by atoms with Crippen LogP contribution in [0.3, 0.4) is 0 Å². The lowest BCUT2D eigenvalue weighted by molar-refractivity contribution is -0.147. The van der Waals surface area contributed by atoms with Gasteiger partial charge in [0.25, 0.3) is 0 Å². The SMILES string of the molecule is C=CC[C@@]12O[C@@H]1[C@H](O)[C@]1(CO)[C@H](C2=O)[C@@H]2C=C[C@H]1C2. The van der Waals surface area contributed by atoms with Crippen LogP contribution in [0.4, 0.5) is 0 Å². The molecular formula is C15H18O4. The normalized spacial score (nSPS) is 56.9. The van der Waals surface area contributed by atoms with E-state index in [1.165, 1.54) is 0 Å². The van der Waals surface area contributed by atoms with Crippen LogP contribution in [0, 0.1) is 23.2 Å². The number of epoxide rings is 1. The molecule has 0 aromatic carbocycles. The van der Waals surface area contributed by atoms with Crippen LogP contribution in [0.5, 0.6) is 0 Å². The fraction of sp³-hybridized carbons (Fsp3) is 0.667. The molecule has 2 bridgehead atoms. The van der Waals surface area contributed by atoms with E-state index in [4.69, 9.17) is 4.74 Å².